The number of imide groups is 1. The van der Waals surface area contributed by atoms with E-state index in [4.69, 9.17) is 37.4 Å². The Balaban J connectivity index is 1.49. The van der Waals surface area contributed by atoms with Gasteiger partial charge in [0.1, 0.15) is 12.4 Å². The lowest BCUT2D eigenvalue weighted by molar-refractivity contribution is -0.123. The van der Waals surface area contributed by atoms with Crippen LogP contribution in [0.4, 0.5) is 4.79 Å². The van der Waals surface area contributed by atoms with Crippen LogP contribution in [0, 0.1) is 0 Å². The molecule has 38 heavy (non-hydrogen) atoms. The topological polar surface area (TPSA) is 82.1 Å². The summed E-state index contributed by atoms with van der Waals surface area (Å²) in [6, 6.07) is 16.6. The third kappa shape index (κ3) is 6.71. The number of halogens is 3. The molecule has 0 radical (unpaired) electrons. The molecule has 0 bridgehead atoms. The third-order valence-electron chi connectivity index (χ3n) is 5.19. The standard InChI is InChI=1S/C27H20BrCl2NO6S/c1-2-35-22-14-16(13-20(28)24(22)37-26(33)19-5-3-4-6-21(19)30)15-23-25(32)31(27(34)38-23)11-12-36-18-9-7-17(29)8-10-18/h3-10,13-15H,2,11-12H2,1H3/b23-15-. The van der Waals surface area contributed by atoms with Crippen molar-refractivity contribution in [2.45, 2.75) is 6.92 Å². The molecule has 4 rings (SSSR count). The molecule has 0 unspecified atom stereocenters. The molecular weight excluding hydrogens is 617 g/mol. The van der Waals surface area contributed by atoms with Crippen molar-refractivity contribution in [3.8, 4) is 17.2 Å². The number of rotatable bonds is 9. The van der Waals surface area contributed by atoms with Crippen LogP contribution in [0.5, 0.6) is 17.2 Å². The van der Waals surface area contributed by atoms with Gasteiger partial charge in [0, 0.05) is 5.02 Å². The molecule has 1 aliphatic rings. The number of benzene rings is 3. The van der Waals surface area contributed by atoms with Gasteiger partial charge in [-0.15, -0.1) is 0 Å². The Bertz CT molecular complexity index is 1410. The first-order chi connectivity index (χ1) is 18.3. The van der Waals surface area contributed by atoms with E-state index in [9.17, 15) is 14.4 Å². The zero-order valence-electron chi connectivity index (χ0n) is 19.9. The molecule has 11 heteroatoms. The maximum Gasteiger partial charge on any atom is 0.345 e. The van der Waals surface area contributed by atoms with Gasteiger partial charge in [-0.05, 0) is 94.8 Å². The average Bonchev–Trinajstić information content (AvgIpc) is 3.15. The van der Waals surface area contributed by atoms with E-state index in [0.717, 1.165) is 16.7 Å². The van der Waals surface area contributed by atoms with Crippen molar-refractivity contribution in [3.05, 3.63) is 91.2 Å². The Kier molecular flexibility index (Phi) is 9.38. The van der Waals surface area contributed by atoms with E-state index in [-0.39, 0.29) is 40.1 Å². The van der Waals surface area contributed by atoms with Crippen LogP contribution in [-0.2, 0) is 4.79 Å². The molecule has 2 amide bonds. The minimum atomic E-state index is -0.646. The molecule has 1 aliphatic heterocycles. The van der Waals surface area contributed by atoms with Crippen LogP contribution in [0.2, 0.25) is 10.0 Å². The molecule has 196 valence electrons. The molecule has 1 heterocycles. The zero-order chi connectivity index (χ0) is 27.2. The number of ether oxygens (including phenoxy) is 3. The molecule has 1 fully saturated rings. The number of thioether (sulfide) groups is 1. The smallest absolute Gasteiger partial charge is 0.345 e. The number of nitrogens with zero attached hydrogens (tertiary/aromatic N) is 1. The number of hydrogen-bond donors (Lipinski definition) is 0. The molecule has 0 N–H and O–H groups in total. The van der Waals surface area contributed by atoms with Gasteiger partial charge in [0.2, 0.25) is 0 Å². The van der Waals surface area contributed by atoms with Crippen molar-refractivity contribution >= 4 is 74.1 Å². The molecule has 1 saturated heterocycles. The summed E-state index contributed by atoms with van der Waals surface area (Å²) in [5.41, 5.74) is 0.780. The minimum absolute atomic E-state index is 0.0927. The highest BCUT2D eigenvalue weighted by Crippen LogP contribution is 2.40. The monoisotopic (exact) mass is 635 g/mol. The van der Waals surface area contributed by atoms with Crippen LogP contribution in [0.25, 0.3) is 6.08 Å². The second-order valence-corrected chi connectivity index (χ2v) is 10.5. The number of carbonyl (C=O) groups is 3. The molecule has 3 aromatic rings. The van der Waals surface area contributed by atoms with Crippen molar-refractivity contribution in [2.24, 2.45) is 0 Å². The van der Waals surface area contributed by atoms with E-state index in [1.807, 2.05) is 0 Å². The van der Waals surface area contributed by atoms with E-state index in [1.165, 1.54) is 0 Å². The Morgan fingerprint density at radius 1 is 1.05 bits per heavy atom. The largest absolute Gasteiger partial charge is 0.492 e. The number of esters is 1. The molecule has 0 aromatic heterocycles. The predicted octanol–water partition coefficient (Wildman–Crippen LogP) is 7.49. The van der Waals surface area contributed by atoms with Crippen LogP contribution in [0.1, 0.15) is 22.8 Å². The fourth-order valence-corrected chi connectivity index (χ4v) is 5.18. The second-order valence-electron chi connectivity index (χ2n) is 7.77. The highest BCUT2D eigenvalue weighted by molar-refractivity contribution is 9.10. The summed E-state index contributed by atoms with van der Waals surface area (Å²) in [6.45, 7) is 2.32. The quantitative estimate of drug-likeness (QED) is 0.137. The zero-order valence-corrected chi connectivity index (χ0v) is 23.8. The van der Waals surface area contributed by atoms with E-state index >= 15 is 0 Å². The maximum absolute atomic E-state index is 12.9. The molecule has 0 atom stereocenters. The summed E-state index contributed by atoms with van der Waals surface area (Å²) in [5, 5.41) is 0.451. The van der Waals surface area contributed by atoms with Crippen molar-refractivity contribution in [1.82, 2.24) is 4.90 Å². The van der Waals surface area contributed by atoms with Crippen molar-refractivity contribution < 1.29 is 28.6 Å². The van der Waals surface area contributed by atoms with E-state index in [2.05, 4.69) is 15.9 Å². The summed E-state index contributed by atoms with van der Waals surface area (Å²) in [6.07, 6.45) is 1.58. The minimum Gasteiger partial charge on any atom is -0.492 e. The lowest BCUT2D eigenvalue weighted by Crippen LogP contribution is -2.32. The van der Waals surface area contributed by atoms with Gasteiger partial charge < -0.3 is 14.2 Å². The summed E-state index contributed by atoms with van der Waals surface area (Å²) < 4.78 is 17.3. The number of hydrogen-bond acceptors (Lipinski definition) is 7. The molecule has 0 saturated carbocycles. The summed E-state index contributed by atoms with van der Waals surface area (Å²) >= 11 is 16.2. The van der Waals surface area contributed by atoms with Gasteiger partial charge >= 0.3 is 5.97 Å². The van der Waals surface area contributed by atoms with Gasteiger partial charge in [-0.1, -0.05) is 35.3 Å². The summed E-state index contributed by atoms with van der Waals surface area (Å²) in [4.78, 5) is 39.5. The van der Waals surface area contributed by atoms with E-state index < -0.39 is 17.1 Å². The highest BCUT2D eigenvalue weighted by atomic mass is 79.9. The van der Waals surface area contributed by atoms with Crippen molar-refractivity contribution in [2.75, 3.05) is 19.8 Å². The van der Waals surface area contributed by atoms with Crippen LogP contribution in [-0.4, -0.2) is 41.8 Å². The summed E-state index contributed by atoms with van der Waals surface area (Å²) in [7, 11) is 0. The second kappa shape index (κ2) is 12.7. The lowest BCUT2D eigenvalue weighted by atomic mass is 10.1. The van der Waals surface area contributed by atoms with Gasteiger partial charge in [0.05, 0.1) is 33.1 Å². The van der Waals surface area contributed by atoms with Gasteiger partial charge in [0.15, 0.2) is 11.5 Å². The van der Waals surface area contributed by atoms with Crippen LogP contribution < -0.4 is 14.2 Å². The van der Waals surface area contributed by atoms with Gasteiger partial charge in [0.25, 0.3) is 11.1 Å². The van der Waals surface area contributed by atoms with Gasteiger partial charge in [-0.2, -0.15) is 0 Å². The fraction of sp³-hybridized carbons (Fsp3) is 0.148. The molecule has 3 aromatic carbocycles. The molecule has 0 aliphatic carbocycles. The fourth-order valence-electron chi connectivity index (χ4n) is 3.44. The van der Waals surface area contributed by atoms with Crippen molar-refractivity contribution in [3.63, 3.8) is 0 Å². The van der Waals surface area contributed by atoms with Crippen molar-refractivity contribution in [1.29, 1.82) is 0 Å². The van der Waals surface area contributed by atoms with Crippen LogP contribution in [0.3, 0.4) is 0 Å². The van der Waals surface area contributed by atoms with Crippen LogP contribution >= 0.6 is 50.9 Å². The van der Waals surface area contributed by atoms with Gasteiger partial charge in [-0.3, -0.25) is 14.5 Å². The van der Waals surface area contributed by atoms with Gasteiger partial charge in [-0.25, -0.2) is 4.79 Å². The molecule has 7 nitrogen and oxygen atoms in total. The third-order valence-corrected chi connectivity index (χ3v) is 7.27. The molecular formula is C27H20BrCl2NO6S. The first kappa shape index (κ1) is 28.0. The number of carbonyl (C=O) groups excluding carboxylic acids is 3. The Morgan fingerprint density at radius 2 is 1.79 bits per heavy atom. The maximum atomic E-state index is 12.9. The SMILES string of the molecule is CCOc1cc(/C=C2\SC(=O)N(CCOc3ccc(Cl)cc3)C2=O)cc(Br)c1OC(=O)c1ccccc1Cl. The normalized spacial score (nSPS) is 14.2. The molecule has 0 spiro atoms. The Hall–Kier alpha value is -2.98. The highest BCUT2D eigenvalue weighted by Gasteiger charge is 2.35. The Labute approximate surface area is 241 Å². The first-order valence-corrected chi connectivity index (χ1v) is 13.7. The first-order valence-electron chi connectivity index (χ1n) is 11.3. The lowest BCUT2D eigenvalue weighted by Gasteiger charge is -2.14. The predicted molar refractivity (Wildman–Crippen MR) is 151 cm³/mol. The average molecular weight is 637 g/mol. The van der Waals surface area contributed by atoms with E-state index in [1.54, 1.807) is 73.7 Å². The van der Waals surface area contributed by atoms with E-state index in [0.29, 0.717) is 27.4 Å². The Morgan fingerprint density at radius 3 is 2.50 bits per heavy atom. The number of amides is 2. The summed E-state index contributed by atoms with van der Waals surface area (Å²) in [5.74, 6) is -0.0407. The van der Waals surface area contributed by atoms with Crippen LogP contribution in [0.15, 0.2) is 70.0 Å².